The van der Waals surface area contributed by atoms with Crippen LogP contribution in [0.3, 0.4) is 0 Å². The number of nitrogen functional groups attached to an aromatic ring is 1. The highest BCUT2D eigenvalue weighted by Crippen LogP contribution is 2.22. The molecule has 1 aromatic heterocycles. The quantitative estimate of drug-likeness (QED) is 0.612. The standard InChI is InChI=1S/C10H16F2N4/c1-4-6(2)16(3)10-8(12)5-7(11)9(14-10)15-13/h5-6H,4,13H2,1-3H3,(H,14,15). The van der Waals surface area contributed by atoms with Gasteiger partial charge in [0, 0.05) is 19.2 Å². The van der Waals surface area contributed by atoms with Gasteiger partial charge in [0.25, 0.3) is 0 Å². The average Bonchev–Trinajstić information content (AvgIpc) is 2.27. The summed E-state index contributed by atoms with van der Waals surface area (Å²) in [6.07, 6.45) is 0.834. The molecule has 0 aliphatic heterocycles. The van der Waals surface area contributed by atoms with Gasteiger partial charge in [0.1, 0.15) is 0 Å². The second kappa shape index (κ2) is 5.07. The van der Waals surface area contributed by atoms with E-state index in [1.165, 1.54) is 0 Å². The Labute approximate surface area is 93.4 Å². The number of halogens is 2. The van der Waals surface area contributed by atoms with Crippen LogP contribution in [0.5, 0.6) is 0 Å². The largest absolute Gasteiger partial charge is 0.354 e. The highest BCUT2D eigenvalue weighted by atomic mass is 19.1. The number of nitrogens with zero attached hydrogens (tertiary/aromatic N) is 2. The minimum absolute atomic E-state index is 0.0868. The Bertz CT molecular complexity index is 370. The summed E-state index contributed by atoms with van der Waals surface area (Å²) in [5.74, 6) is 3.51. The molecule has 0 aromatic carbocycles. The van der Waals surface area contributed by atoms with Gasteiger partial charge in [-0.2, -0.15) is 0 Å². The number of pyridine rings is 1. The van der Waals surface area contributed by atoms with Crippen molar-refractivity contribution in [2.45, 2.75) is 26.3 Å². The van der Waals surface area contributed by atoms with Gasteiger partial charge in [-0.15, -0.1) is 0 Å². The lowest BCUT2D eigenvalue weighted by Gasteiger charge is -2.25. The Morgan fingerprint density at radius 2 is 2.12 bits per heavy atom. The average molecular weight is 230 g/mol. The molecule has 0 aliphatic rings. The molecule has 0 saturated heterocycles. The summed E-state index contributed by atoms with van der Waals surface area (Å²) in [6.45, 7) is 3.91. The van der Waals surface area contributed by atoms with Crippen molar-refractivity contribution in [3.8, 4) is 0 Å². The Balaban J connectivity index is 3.13. The van der Waals surface area contributed by atoms with Crippen molar-refractivity contribution < 1.29 is 8.78 Å². The molecule has 1 unspecified atom stereocenters. The third-order valence-electron chi connectivity index (χ3n) is 2.63. The Morgan fingerprint density at radius 1 is 1.50 bits per heavy atom. The van der Waals surface area contributed by atoms with Gasteiger partial charge < -0.3 is 10.3 Å². The summed E-state index contributed by atoms with van der Waals surface area (Å²) >= 11 is 0. The van der Waals surface area contributed by atoms with Crippen LogP contribution in [0.1, 0.15) is 20.3 Å². The predicted molar refractivity (Wildman–Crippen MR) is 60.1 cm³/mol. The predicted octanol–water partition coefficient (Wildman–Crippen LogP) is 1.88. The molecule has 0 fully saturated rings. The molecule has 0 radical (unpaired) electrons. The molecule has 6 heteroatoms. The first kappa shape index (κ1) is 12.6. The van der Waals surface area contributed by atoms with E-state index in [4.69, 9.17) is 5.84 Å². The molecule has 1 heterocycles. The lowest BCUT2D eigenvalue weighted by atomic mass is 10.2. The van der Waals surface area contributed by atoms with Gasteiger partial charge in [-0.05, 0) is 13.3 Å². The number of hydrazine groups is 1. The molecule has 3 N–H and O–H groups in total. The monoisotopic (exact) mass is 230 g/mol. The van der Waals surface area contributed by atoms with E-state index in [0.717, 1.165) is 12.5 Å². The van der Waals surface area contributed by atoms with Crippen LogP contribution in [0.2, 0.25) is 0 Å². The lowest BCUT2D eigenvalue weighted by molar-refractivity contribution is 0.561. The molecule has 0 spiro atoms. The van der Waals surface area contributed by atoms with Crippen LogP contribution >= 0.6 is 0 Å². The van der Waals surface area contributed by atoms with Crippen molar-refractivity contribution in [2.75, 3.05) is 17.4 Å². The van der Waals surface area contributed by atoms with Gasteiger partial charge in [-0.3, -0.25) is 0 Å². The van der Waals surface area contributed by atoms with E-state index in [-0.39, 0.29) is 17.7 Å². The van der Waals surface area contributed by atoms with Crippen molar-refractivity contribution in [3.05, 3.63) is 17.7 Å². The van der Waals surface area contributed by atoms with Crippen molar-refractivity contribution in [2.24, 2.45) is 5.84 Å². The first-order valence-corrected chi connectivity index (χ1v) is 5.06. The SMILES string of the molecule is CCC(C)N(C)c1nc(NN)c(F)cc1F. The van der Waals surface area contributed by atoms with E-state index in [1.807, 2.05) is 13.8 Å². The van der Waals surface area contributed by atoms with E-state index in [2.05, 4.69) is 10.4 Å². The Kier molecular flexibility index (Phi) is 4.00. The highest BCUT2D eigenvalue weighted by molar-refractivity contribution is 5.48. The summed E-state index contributed by atoms with van der Waals surface area (Å²) in [5, 5.41) is 0. The smallest absolute Gasteiger partial charge is 0.178 e. The molecule has 1 atom stereocenters. The Hall–Kier alpha value is -1.43. The van der Waals surface area contributed by atoms with Gasteiger partial charge >= 0.3 is 0 Å². The third kappa shape index (κ3) is 2.38. The molecule has 0 saturated carbocycles. The van der Waals surface area contributed by atoms with Gasteiger partial charge in [0.15, 0.2) is 23.3 Å². The maximum absolute atomic E-state index is 13.5. The molecule has 90 valence electrons. The van der Waals surface area contributed by atoms with Crippen LogP contribution in [-0.4, -0.2) is 18.1 Å². The summed E-state index contributed by atoms with van der Waals surface area (Å²) in [7, 11) is 1.71. The normalized spacial score (nSPS) is 12.4. The second-order valence-corrected chi connectivity index (χ2v) is 3.64. The summed E-state index contributed by atoms with van der Waals surface area (Å²) in [5.41, 5.74) is 2.10. The molecular weight excluding hydrogens is 214 g/mol. The number of nitrogens with one attached hydrogen (secondary N) is 1. The lowest BCUT2D eigenvalue weighted by Crippen LogP contribution is -2.30. The molecular formula is C10H16F2N4. The number of rotatable bonds is 4. The maximum atomic E-state index is 13.5. The molecule has 1 aromatic rings. The zero-order valence-corrected chi connectivity index (χ0v) is 9.59. The van der Waals surface area contributed by atoms with Crippen molar-refractivity contribution >= 4 is 11.6 Å². The zero-order chi connectivity index (χ0) is 12.3. The molecule has 0 aliphatic carbocycles. The molecule has 16 heavy (non-hydrogen) atoms. The van der Waals surface area contributed by atoms with Crippen molar-refractivity contribution in [3.63, 3.8) is 0 Å². The van der Waals surface area contributed by atoms with E-state index >= 15 is 0 Å². The van der Waals surface area contributed by atoms with Crippen LogP contribution < -0.4 is 16.2 Å². The first-order valence-electron chi connectivity index (χ1n) is 5.06. The topological polar surface area (TPSA) is 54.2 Å². The fourth-order valence-electron chi connectivity index (χ4n) is 1.29. The number of hydrogen-bond donors (Lipinski definition) is 2. The van der Waals surface area contributed by atoms with Crippen LogP contribution in [0.25, 0.3) is 0 Å². The molecule has 0 amide bonds. The second-order valence-electron chi connectivity index (χ2n) is 3.64. The van der Waals surface area contributed by atoms with Crippen molar-refractivity contribution in [1.29, 1.82) is 0 Å². The third-order valence-corrected chi connectivity index (χ3v) is 2.63. The maximum Gasteiger partial charge on any atom is 0.178 e. The van der Waals surface area contributed by atoms with Gasteiger partial charge in [0.05, 0.1) is 0 Å². The van der Waals surface area contributed by atoms with E-state index in [0.29, 0.717) is 0 Å². The summed E-state index contributed by atoms with van der Waals surface area (Å²) in [6, 6.07) is 0.884. The van der Waals surface area contributed by atoms with Crippen molar-refractivity contribution in [1.82, 2.24) is 4.98 Å². The fourth-order valence-corrected chi connectivity index (χ4v) is 1.29. The molecule has 0 bridgehead atoms. The fraction of sp³-hybridized carbons (Fsp3) is 0.500. The number of anilines is 2. The van der Waals surface area contributed by atoms with Crippen LogP contribution in [0, 0.1) is 11.6 Å². The minimum atomic E-state index is -0.804. The number of nitrogens with two attached hydrogens (primary N) is 1. The van der Waals surface area contributed by atoms with Gasteiger partial charge in [-0.25, -0.2) is 19.6 Å². The van der Waals surface area contributed by atoms with E-state index < -0.39 is 11.6 Å². The van der Waals surface area contributed by atoms with Gasteiger partial charge in [-0.1, -0.05) is 6.92 Å². The molecule has 1 rings (SSSR count). The first-order chi connectivity index (χ1) is 7.51. The number of hydrogen-bond acceptors (Lipinski definition) is 4. The Morgan fingerprint density at radius 3 is 2.62 bits per heavy atom. The summed E-state index contributed by atoms with van der Waals surface area (Å²) in [4.78, 5) is 5.45. The van der Waals surface area contributed by atoms with E-state index in [9.17, 15) is 8.78 Å². The van der Waals surface area contributed by atoms with E-state index in [1.54, 1.807) is 11.9 Å². The highest BCUT2D eigenvalue weighted by Gasteiger charge is 2.17. The van der Waals surface area contributed by atoms with Crippen LogP contribution in [0.4, 0.5) is 20.4 Å². The number of aromatic nitrogens is 1. The zero-order valence-electron chi connectivity index (χ0n) is 9.59. The van der Waals surface area contributed by atoms with Crippen LogP contribution in [-0.2, 0) is 0 Å². The van der Waals surface area contributed by atoms with Crippen LogP contribution in [0.15, 0.2) is 6.07 Å². The summed E-state index contributed by atoms with van der Waals surface area (Å²) < 4.78 is 26.6. The molecule has 4 nitrogen and oxygen atoms in total. The minimum Gasteiger partial charge on any atom is -0.354 e. The van der Waals surface area contributed by atoms with Gasteiger partial charge in [0.2, 0.25) is 0 Å².